The Balaban J connectivity index is 1.70. The van der Waals surface area contributed by atoms with Crippen molar-refractivity contribution in [2.45, 2.75) is 19.4 Å². The molecule has 27 heavy (non-hydrogen) atoms. The van der Waals surface area contributed by atoms with E-state index in [1.54, 1.807) is 25.2 Å². The third-order valence-corrected chi connectivity index (χ3v) is 4.84. The zero-order valence-electron chi connectivity index (χ0n) is 15.8. The minimum atomic E-state index is -0.403. The lowest BCUT2D eigenvalue weighted by atomic mass is 10.0. The fraction of sp³-hybridized carbons (Fsp3) is 0.333. The SMILES string of the molecule is COc1ccccc1C(C)NC(=O)C1CC(=O)N(c2ccccc2OC)C1. The lowest BCUT2D eigenvalue weighted by Crippen LogP contribution is -2.34. The third-order valence-electron chi connectivity index (χ3n) is 4.84. The zero-order chi connectivity index (χ0) is 19.4. The van der Waals surface area contributed by atoms with Gasteiger partial charge in [-0.25, -0.2) is 0 Å². The molecule has 6 heteroatoms. The number of benzene rings is 2. The molecule has 0 saturated carbocycles. The minimum Gasteiger partial charge on any atom is -0.496 e. The molecule has 0 aromatic heterocycles. The second-order valence-electron chi connectivity index (χ2n) is 6.55. The quantitative estimate of drug-likeness (QED) is 0.851. The predicted octanol–water partition coefficient (Wildman–Crippen LogP) is 2.93. The molecular formula is C21H24N2O4. The van der Waals surface area contributed by atoms with Crippen LogP contribution in [0.3, 0.4) is 0 Å². The number of hydrogen-bond acceptors (Lipinski definition) is 4. The van der Waals surface area contributed by atoms with Crippen molar-refractivity contribution in [1.29, 1.82) is 0 Å². The van der Waals surface area contributed by atoms with Gasteiger partial charge < -0.3 is 19.7 Å². The number of carbonyl (C=O) groups excluding carboxylic acids is 2. The summed E-state index contributed by atoms with van der Waals surface area (Å²) in [5.41, 5.74) is 1.59. The van der Waals surface area contributed by atoms with Crippen molar-refractivity contribution in [2.75, 3.05) is 25.7 Å². The molecule has 1 fully saturated rings. The number of methoxy groups -OCH3 is 2. The second kappa shape index (κ2) is 8.12. The van der Waals surface area contributed by atoms with Gasteiger partial charge in [-0.05, 0) is 25.1 Å². The molecule has 2 unspecified atom stereocenters. The van der Waals surface area contributed by atoms with Crippen molar-refractivity contribution >= 4 is 17.5 Å². The van der Waals surface area contributed by atoms with Gasteiger partial charge in [-0.1, -0.05) is 30.3 Å². The molecule has 1 aliphatic rings. The van der Waals surface area contributed by atoms with Gasteiger partial charge in [-0.3, -0.25) is 9.59 Å². The van der Waals surface area contributed by atoms with Crippen molar-refractivity contribution in [3.63, 3.8) is 0 Å². The molecule has 0 bridgehead atoms. The number of nitrogens with one attached hydrogen (secondary N) is 1. The van der Waals surface area contributed by atoms with Gasteiger partial charge in [0.25, 0.3) is 0 Å². The highest BCUT2D eigenvalue weighted by atomic mass is 16.5. The number of nitrogens with zero attached hydrogens (tertiary/aromatic N) is 1. The molecule has 2 amide bonds. The van der Waals surface area contributed by atoms with Crippen LogP contribution in [0.5, 0.6) is 11.5 Å². The van der Waals surface area contributed by atoms with Gasteiger partial charge in [0.05, 0.1) is 31.9 Å². The minimum absolute atomic E-state index is 0.0791. The summed E-state index contributed by atoms with van der Waals surface area (Å²) in [6, 6.07) is 14.7. The standard InChI is InChI=1S/C21H24N2O4/c1-14(16-8-4-6-10-18(16)26-2)22-21(25)15-12-20(24)23(13-15)17-9-5-7-11-19(17)27-3/h4-11,14-15H,12-13H2,1-3H3,(H,22,25). The fourth-order valence-corrected chi connectivity index (χ4v) is 3.40. The Hall–Kier alpha value is -3.02. The van der Waals surface area contributed by atoms with Crippen molar-refractivity contribution in [3.8, 4) is 11.5 Å². The summed E-state index contributed by atoms with van der Waals surface area (Å²) in [5, 5.41) is 3.00. The Morgan fingerprint density at radius 2 is 1.70 bits per heavy atom. The Bertz CT molecular complexity index is 836. The first-order valence-electron chi connectivity index (χ1n) is 8.91. The number of rotatable bonds is 6. The number of anilines is 1. The molecule has 142 valence electrons. The average molecular weight is 368 g/mol. The normalized spacial score (nSPS) is 17.5. The van der Waals surface area contributed by atoms with Crippen LogP contribution in [0.4, 0.5) is 5.69 Å². The van der Waals surface area contributed by atoms with Gasteiger partial charge in [-0.2, -0.15) is 0 Å². The molecule has 2 aromatic rings. The molecule has 1 aliphatic heterocycles. The predicted molar refractivity (Wildman–Crippen MR) is 103 cm³/mol. The van der Waals surface area contributed by atoms with E-state index in [0.29, 0.717) is 18.0 Å². The molecular weight excluding hydrogens is 344 g/mol. The van der Waals surface area contributed by atoms with E-state index < -0.39 is 5.92 Å². The first-order valence-corrected chi connectivity index (χ1v) is 8.91. The van der Waals surface area contributed by atoms with Crippen molar-refractivity contribution in [3.05, 3.63) is 54.1 Å². The highest BCUT2D eigenvalue weighted by Crippen LogP contribution is 2.33. The van der Waals surface area contributed by atoms with E-state index in [2.05, 4.69) is 5.32 Å². The Morgan fingerprint density at radius 3 is 2.41 bits per heavy atom. The number of hydrogen-bond donors (Lipinski definition) is 1. The zero-order valence-corrected chi connectivity index (χ0v) is 15.8. The smallest absolute Gasteiger partial charge is 0.227 e. The lowest BCUT2D eigenvalue weighted by Gasteiger charge is -2.21. The third kappa shape index (κ3) is 3.89. The van der Waals surface area contributed by atoms with Gasteiger partial charge in [-0.15, -0.1) is 0 Å². The average Bonchev–Trinajstić information content (AvgIpc) is 3.09. The number of para-hydroxylation sites is 3. The Morgan fingerprint density at radius 1 is 1.07 bits per heavy atom. The van der Waals surface area contributed by atoms with Gasteiger partial charge in [0, 0.05) is 18.5 Å². The fourth-order valence-electron chi connectivity index (χ4n) is 3.40. The second-order valence-corrected chi connectivity index (χ2v) is 6.55. The van der Waals surface area contributed by atoms with E-state index in [-0.39, 0.29) is 24.3 Å². The summed E-state index contributed by atoms with van der Waals surface area (Å²) in [7, 11) is 3.17. The molecule has 2 atom stereocenters. The monoisotopic (exact) mass is 368 g/mol. The van der Waals surface area contributed by atoms with E-state index in [1.165, 1.54) is 0 Å². The molecule has 1 heterocycles. The Labute approximate surface area is 159 Å². The van der Waals surface area contributed by atoms with Gasteiger partial charge in [0.1, 0.15) is 11.5 Å². The van der Waals surface area contributed by atoms with Crippen molar-refractivity contribution in [1.82, 2.24) is 5.32 Å². The molecule has 0 spiro atoms. The molecule has 2 aromatic carbocycles. The van der Waals surface area contributed by atoms with Crippen molar-refractivity contribution in [2.24, 2.45) is 5.92 Å². The highest BCUT2D eigenvalue weighted by Gasteiger charge is 2.36. The van der Waals surface area contributed by atoms with Gasteiger partial charge >= 0.3 is 0 Å². The van der Waals surface area contributed by atoms with Gasteiger partial charge in [0.2, 0.25) is 11.8 Å². The molecule has 0 radical (unpaired) electrons. The summed E-state index contributed by atoms with van der Waals surface area (Å²) in [4.78, 5) is 26.8. The molecule has 1 saturated heterocycles. The first-order chi connectivity index (χ1) is 13.0. The van der Waals surface area contributed by atoms with Crippen LogP contribution in [-0.4, -0.2) is 32.6 Å². The maximum absolute atomic E-state index is 12.7. The first kappa shape index (κ1) is 18.8. The van der Waals surface area contributed by atoms with E-state index in [0.717, 1.165) is 11.3 Å². The maximum Gasteiger partial charge on any atom is 0.227 e. The lowest BCUT2D eigenvalue weighted by molar-refractivity contribution is -0.126. The molecule has 1 N–H and O–H groups in total. The molecule has 0 aliphatic carbocycles. The summed E-state index contributed by atoms with van der Waals surface area (Å²) < 4.78 is 10.7. The summed E-state index contributed by atoms with van der Waals surface area (Å²) in [6.45, 7) is 2.24. The summed E-state index contributed by atoms with van der Waals surface area (Å²) in [6.07, 6.45) is 0.183. The Kier molecular flexibility index (Phi) is 5.64. The topological polar surface area (TPSA) is 67.9 Å². The molecule has 3 rings (SSSR count). The maximum atomic E-state index is 12.7. The number of carbonyl (C=O) groups is 2. The van der Waals surface area contributed by atoms with Gasteiger partial charge in [0.15, 0.2) is 0 Å². The summed E-state index contributed by atoms with van der Waals surface area (Å²) in [5.74, 6) is 0.723. The van der Waals surface area contributed by atoms with Crippen LogP contribution < -0.4 is 19.7 Å². The van der Waals surface area contributed by atoms with E-state index in [4.69, 9.17) is 9.47 Å². The molecule has 6 nitrogen and oxygen atoms in total. The summed E-state index contributed by atoms with van der Waals surface area (Å²) >= 11 is 0. The van der Waals surface area contributed by atoms with Crippen LogP contribution >= 0.6 is 0 Å². The van der Waals surface area contributed by atoms with Crippen molar-refractivity contribution < 1.29 is 19.1 Å². The van der Waals surface area contributed by atoms with E-state index in [1.807, 2.05) is 49.4 Å². The van der Waals surface area contributed by atoms with Crippen LogP contribution in [0, 0.1) is 5.92 Å². The van der Waals surface area contributed by atoms with E-state index in [9.17, 15) is 9.59 Å². The largest absolute Gasteiger partial charge is 0.496 e. The highest BCUT2D eigenvalue weighted by molar-refractivity contribution is 6.01. The van der Waals surface area contributed by atoms with Crippen LogP contribution in [-0.2, 0) is 9.59 Å². The van der Waals surface area contributed by atoms with Crippen LogP contribution in [0.25, 0.3) is 0 Å². The van der Waals surface area contributed by atoms with E-state index >= 15 is 0 Å². The van der Waals surface area contributed by atoms with Crippen LogP contribution in [0.15, 0.2) is 48.5 Å². The number of amides is 2. The van der Waals surface area contributed by atoms with Crippen LogP contribution in [0.2, 0.25) is 0 Å². The number of ether oxygens (including phenoxy) is 2. The van der Waals surface area contributed by atoms with Crippen LogP contribution in [0.1, 0.15) is 24.9 Å².